The van der Waals surface area contributed by atoms with Gasteiger partial charge in [0.25, 0.3) is 0 Å². The molecule has 0 bridgehead atoms. The summed E-state index contributed by atoms with van der Waals surface area (Å²) in [6.45, 7) is 0.325. The summed E-state index contributed by atoms with van der Waals surface area (Å²) in [5.74, 6) is -0.392. The lowest BCUT2D eigenvalue weighted by atomic mass is 10.1. The number of esters is 2. The number of phenolic OH excluding ortho intramolecular Hbond substituents is 1. The summed E-state index contributed by atoms with van der Waals surface area (Å²) in [6, 6.07) is 20.3. The Labute approximate surface area is 192 Å². The van der Waals surface area contributed by atoms with Gasteiger partial charge in [0.2, 0.25) is 0 Å². The summed E-state index contributed by atoms with van der Waals surface area (Å²) in [7, 11) is 2.35. The third-order valence-corrected chi connectivity index (χ3v) is 4.93. The van der Waals surface area contributed by atoms with Gasteiger partial charge in [-0.1, -0.05) is 30.3 Å². The van der Waals surface area contributed by atoms with Crippen molar-refractivity contribution in [3.05, 3.63) is 83.4 Å². The number of hydrogen-bond donors (Lipinski definition) is 1. The van der Waals surface area contributed by atoms with E-state index in [1.165, 1.54) is 19.2 Å². The van der Waals surface area contributed by atoms with Crippen LogP contribution in [0.1, 0.15) is 39.1 Å². The molecule has 0 saturated heterocycles. The number of hydrogen-bond acceptors (Lipinski definition) is 7. The summed E-state index contributed by atoms with van der Waals surface area (Å²) >= 11 is 0. The van der Waals surface area contributed by atoms with Gasteiger partial charge >= 0.3 is 11.9 Å². The molecule has 0 spiro atoms. The van der Waals surface area contributed by atoms with E-state index >= 15 is 0 Å². The van der Waals surface area contributed by atoms with E-state index in [1.54, 1.807) is 0 Å². The number of ether oxygens (including phenoxy) is 4. The van der Waals surface area contributed by atoms with Crippen LogP contribution in [0.2, 0.25) is 0 Å². The van der Waals surface area contributed by atoms with Gasteiger partial charge in [0.1, 0.15) is 17.1 Å². The van der Waals surface area contributed by atoms with E-state index in [1.807, 2.05) is 54.6 Å². The fourth-order valence-electron chi connectivity index (χ4n) is 3.28. The van der Waals surface area contributed by atoms with Gasteiger partial charge in [-0.2, -0.15) is 0 Å². The molecule has 172 valence electrons. The summed E-state index contributed by atoms with van der Waals surface area (Å²) in [4.78, 5) is 23.9. The van der Waals surface area contributed by atoms with E-state index in [-0.39, 0.29) is 16.9 Å². The maximum atomic E-state index is 12.0. The molecule has 0 fully saturated rings. The van der Waals surface area contributed by atoms with Crippen LogP contribution in [-0.2, 0) is 15.9 Å². The fraction of sp³-hybridized carbons (Fsp3) is 0.231. The first-order valence-electron chi connectivity index (χ1n) is 10.5. The van der Waals surface area contributed by atoms with Crippen LogP contribution in [0, 0.1) is 0 Å². The zero-order valence-electron chi connectivity index (χ0n) is 18.6. The van der Waals surface area contributed by atoms with E-state index < -0.39 is 17.7 Å². The normalized spacial score (nSPS) is 10.4. The molecule has 0 saturated carbocycles. The first-order chi connectivity index (χ1) is 16.0. The molecule has 0 radical (unpaired) electrons. The second kappa shape index (κ2) is 11.6. The zero-order valence-corrected chi connectivity index (χ0v) is 18.6. The Balaban J connectivity index is 1.55. The van der Waals surface area contributed by atoms with Gasteiger partial charge in [-0.3, -0.25) is 0 Å². The summed E-state index contributed by atoms with van der Waals surface area (Å²) in [5, 5.41) is 10.5. The molecule has 1 N–H and O–H groups in total. The molecule has 0 aliphatic rings. The maximum absolute atomic E-state index is 12.0. The number of aryl methyl sites for hydroxylation is 1. The molecule has 7 heteroatoms. The van der Waals surface area contributed by atoms with Crippen LogP contribution in [0.15, 0.2) is 66.7 Å². The van der Waals surface area contributed by atoms with E-state index in [0.29, 0.717) is 6.61 Å². The lowest BCUT2D eigenvalue weighted by Crippen LogP contribution is -2.13. The first-order valence-corrected chi connectivity index (χ1v) is 10.5. The minimum absolute atomic E-state index is 0.0909. The van der Waals surface area contributed by atoms with Crippen LogP contribution in [0.4, 0.5) is 0 Å². The molecule has 3 aromatic rings. The lowest BCUT2D eigenvalue weighted by molar-refractivity contribution is 0.0551. The molecule has 7 nitrogen and oxygen atoms in total. The smallest absolute Gasteiger partial charge is 0.342 e. The SMILES string of the molecule is COC(=O)c1ccc(OCCCCc2cccc(Oc3ccccc3)c2)c(O)c1C(=O)OC. The van der Waals surface area contributed by atoms with Crippen LogP contribution in [-0.4, -0.2) is 37.9 Å². The summed E-state index contributed by atoms with van der Waals surface area (Å²) in [6.07, 6.45) is 2.39. The van der Waals surface area contributed by atoms with Crippen molar-refractivity contribution in [2.24, 2.45) is 0 Å². The quantitative estimate of drug-likeness (QED) is 0.337. The van der Waals surface area contributed by atoms with E-state index in [4.69, 9.17) is 9.47 Å². The third kappa shape index (κ3) is 6.26. The van der Waals surface area contributed by atoms with Gasteiger partial charge in [0.05, 0.1) is 26.4 Å². The van der Waals surface area contributed by atoms with Crippen LogP contribution in [0.5, 0.6) is 23.0 Å². The Morgan fingerprint density at radius 2 is 1.55 bits per heavy atom. The number of para-hydroxylation sites is 1. The van der Waals surface area contributed by atoms with Gasteiger partial charge in [0.15, 0.2) is 11.5 Å². The molecule has 0 amide bonds. The number of aromatic hydroxyl groups is 1. The van der Waals surface area contributed by atoms with E-state index in [0.717, 1.165) is 43.4 Å². The number of rotatable bonds is 10. The lowest BCUT2D eigenvalue weighted by Gasteiger charge is -2.13. The highest BCUT2D eigenvalue weighted by Gasteiger charge is 2.25. The second-order valence-electron chi connectivity index (χ2n) is 7.19. The highest BCUT2D eigenvalue weighted by molar-refractivity contribution is 6.05. The van der Waals surface area contributed by atoms with Crippen molar-refractivity contribution >= 4 is 11.9 Å². The monoisotopic (exact) mass is 450 g/mol. The van der Waals surface area contributed by atoms with Crippen molar-refractivity contribution in [2.45, 2.75) is 19.3 Å². The Bertz CT molecular complexity index is 1090. The summed E-state index contributed by atoms with van der Waals surface area (Å²) in [5.41, 5.74) is 0.769. The number of phenols is 1. The fourth-order valence-corrected chi connectivity index (χ4v) is 3.28. The van der Waals surface area contributed by atoms with Crippen molar-refractivity contribution < 1.29 is 33.6 Å². The van der Waals surface area contributed by atoms with Crippen LogP contribution in [0.3, 0.4) is 0 Å². The topological polar surface area (TPSA) is 91.3 Å². The average Bonchev–Trinajstić information content (AvgIpc) is 2.84. The molecular formula is C26H26O7. The summed E-state index contributed by atoms with van der Waals surface area (Å²) < 4.78 is 20.8. The van der Waals surface area contributed by atoms with Gasteiger partial charge in [0, 0.05) is 0 Å². The Kier molecular flexibility index (Phi) is 8.30. The average molecular weight is 450 g/mol. The molecule has 0 aromatic heterocycles. The molecule has 3 rings (SSSR count). The molecule has 3 aromatic carbocycles. The molecule has 33 heavy (non-hydrogen) atoms. The number of unbranched alkanes of at least 4 members (excludes halogenated alkanes) is 1. The second-order valence-corrected chi connectivity index (χ2v) is 7.19. The van der Waals surface area contributed by atoms with Gasteiger partial charge < -0.3 is 24.1 Å². The van der Waals surface area contributed by atoms with Crippen molar-refractivity contribution in [3.63, 3.8) is 0 Å². The number of methoxy groups -OCH3 is 2. The highest BCUT2D eigenvalue weighted by Crippen LogP contribution is 2.33. The first kappa shape index (κ1) is 23.7. The number of carbonyl (C=O) groups excluding carboxylic acids is 2. The van der Waals surface area contributed by atoms with Gasteiger partial charge in [-0.25, -0.2) is 9.59 Å². The van der Waals surface area contributed by atoms with Crippen molar-refractivity contribution in [2.75, 3.05) is 20.8 Å². The van der Waals surface area contributed by atoms with Crippen molar-refractivity contribution in [1.82, 2.24) is 0 Å². The minimum atomic E-state index is -0.851. The Hall–Kier alpha value is -4.00. The molecule has 0 aliphatic heterocycles. The van der Waals surface area contributed by atoms with Gasteiger partial charge in [-0.05, 0) is 61.2 Å². The van der Waals surface area contributed by atoms with Crippen molar-refractivity contribution in [3.8, 4) is 23.0 Å². The molecule has 0 unspecified atom stereocenters. The predicted molar refractivity (Wildman–Crippen MR) is 122 cm³/mol. The van der Waals surface area contributed by atoms with Crippen LogP contribution in [0.25, 0.3) is 0 Å². The predicted octanol–water partition coefficient (Wildman–Crippen LogP) is 5.16. The molecule has 0 atom stereocenters. The van der Waals surface area contributed by atoms with Gasteiger partial charge in [-0.15, -0.1) is 0 Å². The molecule has 0 heterocycles. The Morgan fingerprint density at radius 3 is 2.27 bits per heavy atom. The number of carbonyl (C=O) groups is 2. The van der Waals surface area contributed by atoms with E-state index in [2.05, 4.69) is 9.47 Å². The Morgan fingerprint density at radius 1 is 0.818 bits per heavy atom. The van der Waals surface area contributed by atoms with Crippen LogP contribution < -0.4 is 9.47 Å². The van der Waals surface area contributed by atoms with E-state index in [9.17, 15) is 14.7 Å². The molecular weight excluding hydrogens is 424 g/mol. The molecule has 0 aliphatic carbocycles. The minimum Gasteiger partial charge on any atom is -0.504 e. The van der Waals surface area contributed by atoms with Crippen LogP contribution >= 0.6 is 0 Å². The standard InChI is InChI=1S/C26H26O7/c1-30-25(28)21-14-15-22(24(27)23(21)26(29)31-2)32-16-7-6-9-18-10-8-13-20(17-18)33-19-11-4-3-5-12-19/h3-5,8,10-15,17,27H,6-7,9,16H2,1-2H3. The largest absolute Gasteiger partial charge is 0.504 e. The third-order valence-electron chi connectivity index (χ3n) is 4.93. The van der Waals surface area contributed by atoms with Crippen molar-refractivity contribution in [1.29, 1.82) is 0 Å². The highest BCUT2D eigenvalue weighted by atomic mass is 16.5. The zero-order chi connectivity index (χ0) is 23.6. The maximum Gasteiger partial charge on any atom is 0.342 e. The number of benzene rings is 3.